The standard InChI is InChI=1S/C18H13BrFN5O/c1-9-5-11(19)6-10(2)15(9)25-8-13-17(24-25)22-16(23-18(13)26)12-3-4-21-7-14(12)20/h3-8H,1-2H3,(H,22,23,24,26). The summed E-state index contributed by atoms with van der Waals surface area (Å²) in [5, 5.41) is 4.78. The highest BCUT2D eigenvalue weighted by Gasteiger charge is 2.15. The molecule has 0 spiro atoms. The van der Waals surface area contributed by atoms with Crippen molar-refractivity contribution in [1.82, 2.24) is 24.7 Å². The Morgan fingerprint density at radius 2 is 1.96 bits per heavy atom. The van der Waals surface area contributed by atoms with Crippen molar-refractivity contribution in [3.63, 3.8) is 0 Å². The summed E-state index contributed by atoms with van der Waals surface area (Å²) in [5.74, 6) is -0.439. The molecule has 0 saturated heterocycles. The van der Waals surface area contributed by atoms with E-state index in [0.717, 1.165) is 27.5 Å². The normalized spacial score (nSPS) is 11.2. The van der Waals surface area contributed by atoms with Crippen molar-refractivity contribution in [3.05, 3.63) is 68.6 Å². The van der Waals surface area contributed by atoms with Crippen LogP contribution >= 0.6 is 15.9 Å². The van der Waals surface area contributed by atoms with Crippen LogP contribution in [-0.2, 0) is 0 Å². The van der Waals surface area contributed by atoms with E-state index in [2.05, 4.69) is 36.0 Å². The molecule has 0 aliphatic rings. The number of H-pyrrole nitrogens is 1. The molecular weight excluding hydrogens is 401 g/mol. The molecule has 0 bridgehead atoms. The van der Waals surface area contributed by atoms with Crippen LogP contribution in [-0.4, -0.2) is 24.7 Å². The van der Waals surface area contributed by atoms with Gasteiger partial charge in [-0.1, -0.05) is 15.9 Å². The SMILES string of the molecule is Cc1cc(Br)cc(C)c1-n1cc2c(=O)[nH]c(-c3ccncc3F)nc2n1. The number of nitrogens with one attached hydrogen (secondary N) is 1. The highest BCUT2D eigenvalue weighted by atomic mass is 79.9. The second kappa shape index (κ2) is 6.14. The molecule has 1 aromatic carbocycles. The smallest absolute Gasteiger partial charge is 0.262 e. The molecule has 3 heterocycles. The van der Waals surface area contributed by atoms with Crippen molar-refractivity contribution >= 4 is 27.0 Å². The Morgan fingerprint density at radius 1 is 1.23 bits per heavy atom. The maximum atomic E-state index is 14.0. The zero-order valence-corrected chi connectivity index (χ0v) is 15.5. The quantitative estimate of drug-likeness (QED) is 0.543. The van der Waals surface area contributed by atoms with Gasteiger partial charge in [-0.2, -0.15) is 0 Å². The van der Waals surface area contributed by atoms with Gasteiger partial charge in [0.25, 0.3) is 5.56 Å². The third kappa shape index (κ3) is 2.72. The fourth-order valence-corrected chi connectivity index (χ4v) is 3.68. The Morgan fingerprint density at radius 3 is 2.65 bits per heavy atom. The van der Waals surface area contributed by atoms with Crippen molar-refractivity contribution in [2.45, 2.75) is 13.8 Å². The van der Waals surface area contributed by atoms with Crippen molar-refractivity contribution < 1.29 is 4.39 Å². The zero-order chi connectivity index (χ0) is 18.4. The van der Waals surface area contributed by atoms with Crippen LogP contribution in [0.1, 0.15) is 11.1 Å². The Hall–Kier alpha value is -2.87. The molecule has 4 aromatic rings. The third-order valence-electron chi connectivity index (χ3n) is 4.10. The number of nitrogens with zero attached hydrogens (tertiary/aromatic N) is 4. The van der Waals surface area contributed by atoms with Crippen LogP contribution in [0.5, 0.6) is 0 Å². The number of fused-ring (bicyclic) bond motifs is 1. The number of aryl methyl sites for hydroxylation is 2. The van der Waals surface area contributed by atoms with Crippen LogP contribution in [0.3, 0.4) is 0 Å². The second-order valence-electron chi connectivity index (χ2n) is 5.97. The largest absolute Gasteiger partial charge is 0.306 e. The Balaban J connectivity index is 1.93. The Bertz CT molecular complexity index is 1190. The second-order valence-corrected chi connectivity index (χ2v) is 6.88. The maximum Gasteiger partial charge on any atom is 0.262 e. The van der Waals surface area contributed by atoms with Crippen molar-refractivity contribution in [2.24, 2.45) is 0 Å². The third-order valence-corrected chi connectivity index (χ3v) is 4.56. The van der Waals surface area contributed by atoms with Gasteiger partial charge in [-0.05, 0) is 43.2 Å². The van der Waals surface area contributed by atoms with Gasteiger partial charge in [-0.3, -0.25) is 9.78 Å². The first kappa shape index (κ1) is 16.6. The van der Waals surface area contributed by atoms with E-state index < -0.39 is 5.82 Å². The van der Waals surface area contributed by atoms with Gasteiger partial charge in [-0.25, -0.2) is 14.1 Å². The lowest BCUT2D eigenvalue weighted by atomic mass is 10.1. The van der Waals surface area contributed by atoms with Crippen LogP contribution in [0.25, 0.3) is 28.1 Å². The van der Waals surface area contributed by atoms with E-state index in [9.17, 15) is 9.18 Å². The lowest BCUT2D eigenvalue weighted by Gasteiger charge is -2.10. The van der Waals surface area contributed by atoms with Crippen LogP contribution < -0.4 is 5.56 Å². The number of hydrogen-bond acceptors (Lipinski definition) is 4. The Kier molecular flexibility index (Phi) is 3.91. The average molecular weight is 414 g/mol. The van der Waals surface area contributed by atoms with Gasteiger partial charge in [0.2, 0.25) is 0 Å². The molecule has 6 nitrogen and oxygen atoms in total. The van der Waals surface area contributed by atoms with Gasteiger partial charge < -0.3 is 4.98 Å². The van der Waals surface area contributed by atoms with E-state index in [1.54, 1.807) is 10.9 Å². The summed E-state index contributed by atoms with van der Waals surface area (Å²) in [6.07, 6.45) is 4.15. The summed E-state index contributed by atoms with van der Waals surface area (Å²) in [5.41, 5.74) is 2.93. The lowest BCUT2D eigenvalue weighted by molar-refractivity contribution is 0.623. The number of rotatable bonds is 2. The number of halogens is 2. The van der Waals surface area contributed by atoms with Crippen LogP contribution in [0, 0.1) is 19.7 Å². The molecule has 0 amide bonds. The first-order chi connectivity index (χ1) is 12.4. The van der Waals surface area contributed by atoms with Gasteiger partial charge >= 0.3 is 0 Å². The fraction of sp³-hybridized carbons (Fsp3) is 0.111. The summed E-state index contributed by atoms with van der Waals surface area (Å²) in [7, 11) is 0. The molecule has 0 saturated carbocycles. The monoisotopic (exact) mass is 413 g/mol. The number of aromatic amines is 1. The number of benzene rings is 1. The molecule has 0 fully saturated rings. The molecule has 26 heavy (non-hydrogen) atoms. The molecule has 8 heteroatoms. The average Bonchev–Trinajstić information content (AvgIpc) is 2.98. The van der Waals surface area contributed by atoms with E-state index >= 15 is 0 Å². The summed E-state index contributed by atoms with van der Waals surface area (Å²) >= 11 is 3.47. The summed E-state index contributed by atoms with van der Waals surface area (Å²) in [6.45, 7) is 3.93. The first-order valence-electron chi connectivity index (χ1n) is 7.81. The molecule has 0 aliphatic heterocycles. The molecule has 3 aromatic heterocycles. The van der Waals surface area contributed by atoms with Crippen molar-refractivity contribution in [3.8, 4) is 17.1 Å². The minimum atomic E-state index is -0.561. The van der Waals surface area contributed by atoms with Gasteiger partial charge in [0.15, 0.2) is 11.5 Å². The van der Waals surface area contributed by atoms with Gasteiger partial charge in [0.1, 0.15) is 11.2 Å². The van der Waals surface area contributed by atoms with E-state index in [4.69, 9.17) is 0 Å². The fourth-order valence-electron chi connectivity index (χ4n) is 2.99. The summed E-state index contributed by atoms with van der Waals surface area (Å²) < 4.78 is 16.6. The zero-order valence-electron chi connectivity index (χ0n) is 13.9. The lowest BCUT2D eigenvalue weighted by Crippen LogP contribution is -2.09. The number of hydrogen-bond donors (Lipinski definition) is 1. The van der Waals surface area contributed by atoms with Gasteiger partial charge in [-0.15, -0.1) is 5.10 Å². The number of aromatic nitrogens is 5. The molecular formula is C18H13BrFN5O. The molecule has 1 N–H and O–H groups in total. The topological polar surface area (TPSA) is 76.5 Å². The molecule has 0 atom stereocenters. The highest BCUT2D eigenvalue weighted by Crippen LogP contribution is 2.25. The van der Waals surface area contributed by atoms with E-state index in [1.807, 2.05) is 26.0 Å². The summed E-state index contributed by atoms with van der Waals surface area (Å²) in [6, 6.07) is 5.41. The molecule has 0 aliphatic carbocycles. The van der Waals surface area contributed by atoms with E-state index in [-0.39, 0.29) is 22.6 Å². The van der Waals surface area contributed by atoms with Crippen LogP contribution in [0.2, 0.25) is 0 Å². The van der Waals surface area contributed by atoms with Crippen molar-refractivity contribution in [1.29, 1.82) is 0 Å². The van der Waals surface area contributed by atoms with Gasteiger partial charge in [0.05, 0.1) is 17.4 Å². The summed E-state index contributed by atoms with van der Waals surface area (Å²) in [4.78, 5) is 23.1. The minimum Gasteiger partial charge on any atom is -0.306 e. The molecule has 130 valence electrons. The molecule has 4 rings (SSSR count). The predicted octanol–water partition coefficient (Wildman–Crippen LogP) is 3.69. The maximum absolute atomic E-state index is 14.0. The first-order valence-corrected chi connectivity index (χ1v) is 8.60. The number of pyridine rings is 1. The van der Waals surface area contributed by atoms with E-state index in [0.29, 0.717) is 5.39 Å². The van der Waals surface area contributed by atoms with Gasteiger partial charge in [0, 0.05) is 16.9 Å². The van der Waals surface area contributed by atoms with Crippen LogP contribution in [0.4, 0.5) is 4.39 Å². The highest BCUT2D eigenvalue weighted by molar-refractivity contribution is 9.10. The molecule has 0 radical (unpaired) electrons. The Labute approximate surface area is 155 Å². The minimum absolute atomic E-state index is 0.122. The predicted molar refractivity (Wildman–Crippen MR) is 99.8 cm³/mol. The van der Waals surface area contributed by atoms with Crippen LogP contribution in [0.15, 0.2) is 46.1 Å². The molecule has 0 unspecified atom stereocenters. The van der Waals surface area contributed by atoms with E-state index in [1.165, 1.54) is 12.3 Å². The van der Waals surface area contributed by atoms with Crippen molar-refractivity contribution in [2.75, 3.05) is 0 Å².